The van der Waals surface area contributed by atoms with Crippen molar-refractivity contribution in [2.45, 2.75) is 6.04 Å². The molecule has 0 radical (unpaired) electrons. The summed E-state index contributed by atoms with van der Waals surface area (Å²) in [5.41, 5.74) is 0.525. The lowest BCUT2D eigenvalue weighted by Crippen LogP contribution is -2.43. The van der Waals surface area contributed by atoms with Crippen molar-refractivity contribution >= 4 is 11.7 Å². The fraction of sp³-hybridized carbons (Fsp3) is 0.350. The fourth-order valence-electron chi connectivity index (χ4n) is 3.58. The van der Waals surface area contributed by atoms with E-state index in [4.69, 9.17) is 9.15 Å². The van der Waals surface area contributed by atoms with Crippen LogP contribution in [0.25, 0.3) is 0 Å². The van der Waals surface area contributed by atoms with E-state index in [-0.39, 0.29) is 11.3 Å². The number of aliphatic hydroxyl groups is 1. The molecule has 0 spiro atoms. The lowest BCUT2D eigenvalue weighted by Gasteiger charge is -2.31. The molecule has 0 aromatic carbocycles. The third-order valence-corrected chi connectivity index (χ3v) is 5.02. The summed E-state index contributed by atoms with van der Waals surface area (Å²) in [6.07, 6.45) is 2.98. The number of nitrogens with zero attached hydrogens (tertiary/aromatic N) is 3. The summed E-state index contributed by atoms with van der Waals surface area (Å²) in [6, 6.07) is 7.64. The summed E-state index contributed by atoms with van der Waals surface area (Å²) in [4.78, 5) is 33.8. The van der Waals surface area contributed by atoms with Gasteiger partial charge in [-0.25, -0.2) is 0 Å². The number of carbonyl (C=O) groups excluding carboxylic acids is 2. The van der Waals surface area contributed by atoms with E-state index in [2.05, 4.69) is 9.88 Å². The van der Waals surface area contributed by atoms with E-state index < -0.39 is 23.5 Å². The minimum Gasteiger partial charge on any atom is -0.503 e. The summed E-state index contributed by atoms with van der Waals surface area (Å²) in [5, 5.41) is 10.5. The molecule has 1 saturated heterocycles. The van der Waals surface area contributed by atoms with Crippen LogP contribution in [0.4, 0.5) is 0 Å². The Hall–Kier alpha value is -2.97. The molecule has 2 aliphatic rings. The van der Waals surface area contributed by atoms with Crippen molar-refractivity contribution in [2.24, 2.45) is 0 Å². The first kappa shape index (κ1) is 18.4. The zero-order valence-electron chi connectivity index (χ0n) is 15.3. The van der Waals surface area contributed by atoms with Crippen molar-refractivity contribution in [1.29, 1.82) is 0 Å². The number of morpholine rings is 1. The Morgan fingerprint density at radius 2 is 2.00 bits per heavy atom. The van der Waals surface area contributed by atoms with E-state index in [1.54, 1.807) is 30.5 Å². The average molecular weight is 383 g/mol. The highest BCUT2D eigenvalue weighted by atomic mass is 16.5. The molecule has 0 aliphatic carbocycles. The van der Waals surface area contributed by atoms with Gasteiger partial charge >= 0.3 is 0 Å². The Morgan fingerprint density at radius 3 is 2.68 bits per heavy atom. The molecule has 0 bridgehead atoms. The summed E-state index contributed by atoms with van der Waals surface area (Å²) in [6.45, 7) is 3.86. The molecule has 8 heteroatoms. The van der Waals surface area contributed by atoms with Crippen molar-refractivity contribution in [3.63, 3.8) is 0 Å². The quantitative estimate of drug-likeness (QED) is 0.757. The number of ketones is 1. The van der Waals surface area contributed by atoms with Gasteiger partial charge in [0, 0.05) is 32.4 Å². The maximum Gasteiger partial charge on any atom is 0.290 e. The van der Waals surface area contributed by atoms with Crippen LogP contribution < -0.4 is 0 Å². The Bertz CT molecular complexity index is 873. The van der Waals surface area contributed by atoms with Gasteiger partial charge in [-0.3, -0.25) is 19.5 Å². The number of ether oxygens (including phenoxy) is 1. The molecule has 1 unspecified atom stereocenters. The molecule has 2 aliphatic heterocycles. The molecule has 4 heterocycles. The first-order chi connectivity index (χ1) is 13.7. The SMILES string of the molecule is O=C(C1=C(O)C(=O)N(CCN2CCOCC2)C1c1ccccn1)c1ccco1. The first-order valence-corrected chi connectivity index (χ1v) is 9.20. The zero-order chi connectivity index (χ0) is 19.5. The van der Waals surface area contributed by atoms with Gasteiger partial charge in [0.05, 0.1) is 30.7 Å². The largest absolute Gasteiger partial charge is 0.503 e. The summed E-state index contributed by atoms with van der Waals surface area (Å²) < 4.78 is 10.6. The van der Waals surface area contributed by atoms with Gasteiger partial charge in [-0.05, 0) is 24.3 Å². The molecule has 1 N–H and O–H groups in total. The van der Waals surface area contributed by atoms with Crippen LogP contribution in [-0.2, 0) is 9.53 Å². The van der Waals surface area contributed by atoms with Gasteiger partial charge in [0.2, 0.25) is 5.78 Å². The van der Waals surface area contributed by atoms with E-state index in [0.717, 1.165) is 13.1 Å². The van der Waals surface area contributed by atoms with Crippen LogP contribution in [0.15, 0.2) is 58.5 Å². The van der Waals surface area contributed by atoms with Gasteiger partial charge in [0.25, 0.3) is 5.91 Å². The van der Waals surface area contributed by atoms with Gasteiger partial charge in [-0.2, -0.15) is 0 Å². The molecule has 8 nitrogen and oxygen atoms in total. The minimum atomic E-state index is -0.757. The minimum absolute atomic E-state index is 0.000581. The normalized spacial score (nSPS) is 20.8. The summed E-state index contributed by atoms with van der Waals surface area (Å²) >= 11 is 0. The predicted octanol–water partition coefficient (Wildman–Crippen LogP) is 1.59. The van der Waals surface area contributed by atoms with Gasteiger partial charge in [-0.1, -0.05) is 6.07 Å². The highest BCUT2D eigenvalue weighted by Crippen LogP contribution is 2.37. The van der Waals surface area contributed by atoms with Crippen LogP contribution in [0.1, 0.15) is 22.3 Å². The smallest absolute Gasteiger partial charge is 0.290 e. The molecule has 2 aromatic heterocycles. The van der Waals surface area contributed by atoms with E-state index >= 15 is 0 Å². The second-order valence-corrected chi connectivity index (χ2v) is 6.68. The van der Waals surface area contributed by atoms with Crippen molar-refractivity contribution < 1.29 is 23.8 Å². The Labute approximate surface area is 162 Å². The molecule has 1 atom stereocenters. The molecule has 1 amide bonds. The van der Waals surface area contributed by atoms with Crippen LogP contribution in [0.2, 0.25) is 0 Å². The van der Waals surface area contributed by atoms with E-state index in [1.807, 2.05) is 0 Å². The molecule has 4 rings (SSSR count). The number of carbonyl (C=O) groups is 2. The van der Waals surface area contributed by atoms with E-state index in [1.165, 1.54) is 17.2 Å². The summed E-state index contributed by atoms with van der Waals surface area (Å²) in [7, 11) is 0. The maximum atomic E-state index is 13.0. The molecule has 2 aromatic rings. The molecular formula is C20H21N3O5. The van der Waals surface area contributed by atoms with Gasteiger partial charge in [0.15, 0.2) is 11.5 Å². The highest BCUT2D eigenvalue weighted by Gasteiger charge is 2.45. The number of amides is 1. The standard InChI is InChI=1S/C20H21N3O5/c24-18(15-5-3-11-28-15)16-17(14-4-1-2-6-21-14)23(20(26)19(16)25)8-7-22-9-12-27-13-10-22/h1-6,11,17,25H,7-10,12-13H2. The Kier molecular flexibility index (Phi) is 5.23. The molecule has 1 fully saturated rings. The van der Waals surface area contributed by atoms with Crippen LogP contribution in [-0.4, -0.2) is 71.0 Å². The number of pyridine rings is 1. The third kappa shape index (κ3) is 3.44. The number of furan rings is 1. The number of aromatic nitrogens is 1. The van der Waals surface area contributed by atoms with E-state index in [9.17, 15) is 14.7 Å². The Morgan fingerprint density at radius 1 is 1.18 bits per heavy atom. The maximum absolute atomic E-state index is 13.0. The number of rotatable bonds is 6. The van der Waals surface area contributed by atoms with Crippen molar-refractivity contribution in [3.05, 3.63) is 65.6 Å². The second kappa shape index (κ2) is 7.95. The molecule has 0 saturated carbocycles. The molecule has 146 valence electrons. The van der Waals surface area contributed by atoms with E-state index in [0.29, 0.717) is 32.0 Å². The highest BCUT2D eigenvalue weighted by molar-refractivity contribution is 6.14. The Balaban J connectivity index is 1.64. The van der Waals surface area contributed by atoms with Crippen molar-refractivity contribution in [1.82, 2.24) is 14.8 Å². The monoisotopic (exact) mass is 383 g/mol. The van der Waals surface area contributed by atoms with Crippen LogP contribution in [0.5, 0.6) is 0 Å². The van der Waals surface area contributed by atoms with Gasteiger partial charge < -0.3 is 19.2 Å². The van der Waals surface area contributed by atoms with Crippen LogP contribution >= 0.6 is 0 Å². The first-order valence-electron chi connectivity index (χ1n) is 9.20. The fourth-order valence-corrected chi connectivity index (χ4v) is 3.58. The number of aliphatic hydroxyl groups excluding tert-OH is 1. The van der Waals surface area contributed by atoms with Crippen molar-refractivity contribution in [3.8, 4) is 0 Å². The number of hydrogen-bond acceptors (Lipinski definition) is 7. The number of hydrogen-bond donors (Lipinski definition) is 1. The van der Waals surface area contributed by atoms with Crippen LogP contribution in [0.3, 0.4) is 0 Å². The van der Waals surface area contributed by atoms with Crippen molar-refractivity contribution in [2.75, 3.05) is 39.4 Å². The predicted molar refractivity (Wildman–Crippen MR) is 98.6 cm³/mol. The number of Topliss-reactive ketones (excluding diaryl/α,β-unsaturated/α-hetero) is 1. The van der Waals surface area contributed by atoms with Gasteiger partial charge in [-0.15, -0.1) is 0 Å². The molecular weight excluding hydrogens is 362 g/mol. The lowest BCUT2D eigenvalue weighted by atomic mass is 9.98. The zero-order valence-corrected chi connectivity index (χ0v) is 15.3. The average Bonchev–Trinajstić information content (AvgIpc) is 3.36. The second-order valence-electron chi connectivity index (χ2n) is 6.68. The lowest BCUT2D eigenvalue weighted by molar-refractivity contribution is -0.129. The third-order valence-electron chi connectivity index (χ3n) is 5.02. The van der Waals surface area contributed by atoms with Gasteiger partial charge in [0.1, 0.15) is 6.04 Å². The molecule has 28 heavy (non-hydrogen) atoms. The topological polar surface area (TPSA) is 96.1 Å². The van der Waals surface area contributed by atoms with Crippen LogP contribution in [0, 0.1) is 0 Å². The summed E-state index contributed by atoms with van der Waals surface area (Å²) in [5.74, 6) is -1.55.